The molecule has 2 aromatic carbocycles. The van der Waals surface area contributed by atoms with Gasteiger partial charge < -0.3 is 10.1 Å². The molecule has 0 unspecified atom stereocenters. The standard InChI is InChI=1S/C22H24ClFN4O4S/c1-3-10-33(30,31)27-18-5-4-15(24)21(20(18)23)26-16-6-7-17-19(13(16)2)22(29)28(12-25-17)14-8-9-32-11-14/h4-7,12,14,26-27H,3,8-11H2,1-2H3/t14-/m0/s1. The summed E-state index contributed by atoms with van der Waals surface area (Å²) >= 11 is 6.36. The van der Waals surface area contributed by atoms with Crippen molar-refractivity contribution >= 4 is 49.6 Å². The van der Waals surface area contributed by atoms with Gasteiger partial charge in [0.05, 0.1) is 52.0 Å². The van der Waals surface area contributed by atoms with Gasteiger partial charge in [0.1, 0.15) is 5.82 Å². The van der Waals surface area contributed by atoms with Gasteiger partial charge in [0.2, 0.25) is 10.0 Å². The summed E-state index contributed by atoms with van der Waals surface area (Å²) in [5.74, 6) is -0.747. The van der Waals surface area contributed by atoms with E-state index in [1.165, 1.54) is 12.4 Å². The molecule has 2 N–H and O–H groups in total. The van der Waals surface area contributed by atoms with Gasteiger partial charge in [-0.3, -0.25) is 14.1 Å². The van der Waals surface area contributed by atoms with Crippen LogP contribution in [-0.2, 0) is 14.8 Å². The van der Waals surface area contributed by atoms with Gasteiger partial charge in [-0.25, -0.2) is 17.8 Å². The van der Waals surface area contributed by atoms with Crippen molar-refractivity contribution in [1.29, 1.82) is 0 Å². The smallest absolute Gasteiger partial charge is 0.261 e. The van der Waals surface area contributed by atoms with Gasteiger partial charge >= 0.3 is 0 Å². The van der Waals surface area contributed by atoms with Crippen LogP contribution in [0.1, 0.15) is 31.4 Å². The number of sulfonamides is 1. The Morgan fingerprint density at radius 1 is 1.27 bits per heavy atom. The van der Waals surface area contributed by atoms with E-state index in [9.17, 15) is 17.6 Å². The Morgan fingerprint density at radius 2 is 2.03 bits per heavy atom. The molecule has 3 aromatic rings. The van der Waals surface area contributed by atoms with Crippen LogP contribution in [0.4, 0.5) is 21.5 Å². The molecule has 1 saturated heterocycles. The third kappa shape index (κ3) is 4.68. The number of rotatable bonds is 7. The quantitative estimate of drug-likeness (QED) is 0.506. The SMILES string of the molecule is CCCS(=O)(=O)Nc1ccc(F)c(Nc2ccc3ncn([C@H]4CCOC4)c(=O)c3c2C)c1Cl. The lowest BCUT2D eigenvalue weighted by molar-refractivity contribution is 0.186. The normalized spacial score (nSPS) is 16.3. The van der Waals surface area contributed by atoms with Gasteiger partial charge in [-0.2, -0.15) is 0 Å². The van der Waals surface area contributed by atoms with Crippen LogP contribution < -0.4 is 15.6 Å². The summed E-state index contributed by atoms with van der Waals surface area (Å²) in [7, 11) is -3.61. The van der Waals surface area contributed by atoms with Crippen LogP contribution in [0.15, 0.2) is 35.4 Å². The zero-order chi connectivity index (χ0) is 23.8. The molecular weight excluding hydrogens is 471 g/mol. The van der Waals surface area contributed by atoms with E-state index in [0.717, 1.165) is 12.5 Å². The van der Waals surface area contributed by atoms with Gasteiger partial charge in [0.25, 0.3) is 5.56 Å². The summed E-state index contributed by atoms with van der Waals surface area (Å²) in [5, 5.41) is 3.23. The number of hydrogen-bond donors (Lipinski definition) is 2. The highest BCUT2D eigenvalue weighted by Gasteiger charge is 2.22. The van der Waals surface area contributed by atoms with Crippen LogP contribution in [0.5, 0.6) is 0 Å². The Labute approximate surface area is 195 Å². The molecule has 0 saturated carbocycles. The number of nitrogens with zero attached hydrogens (tertiary/aromatic N) is 2. The molecule has 0 amide bonds. The number of benzene rings is 2. The van der Waals surface area contributed by atoms with E-state index in [-0.39, 0.29) is 33.8 Å². The Hall–Kier alpha value is -2.69. The van der Waals surface area contributed by atoms with Crippen molar-refractivity contribution in [1.82, 2.24) is 9.55 Å². The second-order valence-electron chi connectivity index (χ2n) is 7.94. The molecule has 33 heavy (non-hydrogen) atoms. The highest BCUT2D eigenvalue weighted by atomic mass is 35.5. The van der Waals surface area contributed by atoms with E-state index in [4.69, 9.17) is 16.3 Å². The van der Waals surface area contributed by atoms with E-state index in [0.29, 0.717) is 41.8 Å². The number of hydrogen-bond acceptors (Lipinski definition) is 6. The lowest BCUT2D eigenvalue weighted by Gasteiger charge is -2.17. The van der Waals surface area contributed by atoms with Crippen molar-refractivity contribution in [2.45, 2.75) is 32.7 Å². The Morgan fingerprint density at radius 3 is 2.73 bits per heavy atom. The molecule has 0 aliphatic carbocycles. The maximum Gasteiger partial charge on any atom is 0.261 e. The monoisotopic (exact) mass is 494 g/mol. The number of anilines is 3. The minimum absolute atomic E-state index is 0.0673. The second kappa shape index (κ2) is 9.28. The summed E-state index contributed by atoms with van der Waals surface area (Å²) in [6.45, 7) is 4.52. The fourth-order valence-corrected chi connectivity index (χ4v) is 5.33. The Kier molecular flexibility index (Phi) is 6.60. The van der Waals surface area contributed by atoms with Crippen molar-refractivity contribution in [2.24, 2.45) is 0 Å². The number of fused-ring (bicyclic) bond motifs is 1. The first-order valence-electron chi connectivity index (χ1n) is 10.6. The molecule has 1 aliphatic rings. The topological polar surface area (TPSA) is 102 Å². The number of aromatic nitrogens is 2. The minimum atomic E-state index is -3.61. The first kappa shape index (κ1) is 23.5. The van der Waals surface area contributed by atoms with E-state index in [1.54, 1.807) is 30.5 Å². The fraction of sp³-hybridized carbons (Fsp3) is 0.364. The molecule has 1 atom stereocenters. The first-order chi connectivity index (χ1) is 15.7. The van der Waals surface area contributed by atoms with Crippen LogP contribution in [0.3, 0.4) is 0 Å². The van der Waals surface area contributed by atoms with E-state index in [1.807, 2.05) is 0 Å². The molecule has 8 nitrogen and oxygen atoms in total. The van der Waals surface area contributed by atoms with Crippen LogP contribution >= 0.6 is 11.6 Å². The molecule has 1 fully saturated rings. The average Bonchev–Trinajstić information content (AvgIpc) is 3.29. The molecule has 0 spiro atoms. The number of nitrogens with one attached hydrogen (secondary N) is 2. The highest BCUT2D eigenvalue weighted by Crippen LogP contribution is 2.36. The summed E-state index contributed by atoms with van der Waals surface area (Å²) in [5.41, 5.74) is 1.32. The summed E-state index contributed by atoms with van der Waals surface area (Å²) in [6.07, 6.45) is 2.68. The zero-order valence-corrected chi connectivity index (χ0v) is 19.8. The first-order valence-corrected chi connectivity index (χ1v) is 12.6. The highest BCUT2D eigenvalue weighted by molar-refractivity contribution is 7.92. The van der Waals surface area contributed by atoms with Crippen LogP contribution in [0.2, 0.25) is 5.02 Å². The van der Waals surface area contributed by atoms with E-state index >= 15 is 0 Å². The van der Waals surface area contributed by atoms with E-state index < -0.39 is 15.8 Å². The second-order valence-corrected chi connectivity index (χ2v) is 10.2. The lowest BCUT2D eigenvalue weighted by atomic mass is 10.1. The predicted octanol–water partition coefficient (Wildman–Crippen LogP) is 4.35. The lowest BCUT2D eigenvalue weighted by Crippen LogP contribution is -2.26. The van der Waals surface area contributed by atoms with Gasteiger partial charge in [0.15, 0.2) is 0 Å². The van der Waals surface area contributed by atoms with Crippen molar-refractivity contribution in [3.8, 4) is 0 Å². The molecule has 2 heterocycles. The molecule has 0 bridgehead atoms. The molecule has 1 aromatic heterocycles. The number of halogens is 2. The molecule has 4 rings (SSSR count). The molecule has 1 aliphatic heterocycles. The Balaban J connectivity index is 1.75. The maximum absolute atomic E-state index is 14.7. The molecular formula is C22H24ClFN4O4S. The van der Waals surface area contributed by atoms with Gasteiger partial charge in [0, 0.05) is 12.3 Å². The fourth-order valence-electron chi connectivity index (χ4n) is 3.89. The summed E-state index contributed by atoms with van der Waals surface area (Å²) in [4.78, 5) is 17.6. The largest absolute Gasteiger partial charge is 0.379 e. The van der Waals surface area contributed by atoms with Gasteiger partial charge in [-0.05, 0) is 49.6 Å². The molecule has 11 heteroatoms. The molecule has 176 valence electrons. The summed E-state index contributed by atoms with van der Waals surface area (Å²) in [6, 6.07) is 5.67. The predicted molar refractivity (Wildman–Crippen MR) is 128 cm³/mol. The minimum Gasteiger partial charge on any atom is -0.379 e. The number of aryl methyl sites for hydroxylation is 1. The van der Waals surface area contributed by atoms with Crippen LogP contribution in [0.25, 0.3) is 10.9 Å². The van der Waals surface area contributed by atoms with Crippen molar-refractivity contribution in [3.63, 3.8) is 0 Å². The molecule has 0 radical (unpaired) electrons. The van der Waals surface area contributed by atoms with Crippen molar-refractivity contribution in [3.05, 3.63) is 57.3 Å². The third-order valence-electron chi connectivity index (χ3n) is 5.60. The van der Waals surface area contributed by atoms with Crippen LogP contribution in [0, 0.1) is 12.7 Å². The zero-order valence-electron chi connectivity index (χ0n) is 18.2. The van der Waals surface area contributed by atoms with Crippen molar-refractivity contribution in [2.75, 3.05) is 29.0 Å². The van der Waals surface area contributed by atoms with Gasteiger partial charge in [-0.1, -0.05) is 18.5 Å². The average molecular weight is 495 g/mol. The summed E-state index contributed by atoms with van der Waals surface area (Å²) < 4.78 is 48.3. The Bertz CT molecular complexity index is 1370. The van der Waals surface area contributed by atoms with Crippen molar-refractivity contribution < 1.29 is 17.5 Å². The number of ether oxygens (including phenoxy) is 1. The van der Waals surface area contributed by atoms with E-state index in [2.05, 4.69) is 15.0 Å². The third-order valence-corrected chi connectivity index (χ3v) is 7.47. The van der Waals surface area contributed by atoms with Gasteiger partial charge in [-0.15, -0.1) is 0 Å². The van der Waals surface area contributed by atoms with Crippen LogP contribution in [-0.4, -0.2) is 36.9 Å². The maximum atomic E-state index is 14.7.